The average Bonchev–Trinajstić information content (AvgIpc) is 2.37. The van der Waals surface area contributed by atoms with Gasteiger partial charge in [-0.1, -0.05) is 0 Å². The number of thiazole rings is 1. The lowest BCUT2D eigenvalue weighted by molar-refractivity contribution is 1.09. The van der Waals surface area contributed by atoms with Crippen LogP contribution in [0.2, 0.25) is 0 Å². The summed E-state index contributed by atoms with van der Waals surface area (Å²) in [5, 5.41) is 4.08. The van der Waals surface area contributed by atoms with Crippen LogP contribution < -0.4 is 11.1 Å². The zero-order valence-electron chi connectivity index (χ0n) is 5.92. The molecule has 0 bridgehead atoms. The van der Waals surface area contributed by atoms with Gasteiger partial charge in [-0.25, -0.2) is 4.98 Å². The summed E-state index contributed by atoms with van der Waals surface area (Å²) in [4.78, 5) is 5.23. The van der Waals surface area contributed by atoms with E-state index in [4.69, 9.17) is 5.73 Å². The lowest BCUT2D eigenvalue weighted by Gasteiger charge is -1.92. The topological polar surface area (TPSA) is 50.9 Å². The molecule has 1 aromatic heterocycles. The molecule has 4 heteroatoms. The highest BCUT2D eigenvalue weighted by atomic mass is 32.1. The molecular formula is C6H11N3S. The molecule has 0 saturated heterocycles. The van der Waals surface area contributed by atoms with Gasteiger partial charge in [0.25, 0.3) is 0 Å². The van der Waals surface area contributed by atoms with Crippen LogP contribution in [0.15, 0.2) is 6.20 Å². The molecule has 3 nitrogen and oxygen atoms in total. The van der Waals surface area contributed by atoms with Crippen molar-refractivity contribution in [2.24, 2.45) is 5.73 Å². The van der Waals surface area contributed by atoms with Gasteiger partial charge in [-0.2, -0.15) is 0 Å². The molecule has 3 N–H and O–H groups in total. The highest BCUT2D eigenvalue weighted by Crippen LogP contribution is 2.16. The second-order valence-electron chi connectivity index (χ2n) is 1.87. The van der Waals surface area contributed by atoms with Gasteiger partial charge in [0.05, 0.1) is 0 Å². The minimum absolute atomic E-state index is 0.586. The molecule has 10 heavy (non-hydrogen) atoms. The molecule has 0 radical (unpaired) electrons. The molecule has 0 spiro atoms. The summed E-state index contributed by atoms with van der Waals surface area (Å²) in [6.45, 7) is 3.55. The Labute approximate surface area is 64.3 Å². The number of aromatic nitrogens is 1. The van der Waals surface area contributed by atoms with Gasteiger partial charge in [-0.15, -0.1) is 11.3 Å². The van der Waals surface area contributed by atoms with Crippen molar-refractivity contribution in [2.45, 2.75) is 13.5 Å². The van der Waals surface area contributed by atoms with Crippen molar-refractivity contribution >= 4 is 16.5 Å². The Morgan fingerprint density at radius 1 is 1.80 bits per heavy atom. The van der Waals surface area contributed by atoms with Gasteiger partial charge in [0, 0.05) is 24.2 Å². The normalized spacial score (nSPS) is 9.80. The summed E-state index contributed by atoms with van der Waals surface area (Å²) in [7, 11) is 0. The number of anilines is 1. The summed E-state index contributed by atoms with van der Waals surface area (Å²) in [6, 6.07) is 0. The largest absolute Gasteiger partial charge is 0.362 e. The Morgan fingerprint density at radius 2 is 2.60 bits per heavy atom. The fourth-order valence-electron chi connectivity index (χ4n) is 0.635. The Kier molecular flexibility index (Phi) is 2.65. The van der Waals surface area contributed by atoms with Crippen LogP contribution in [-0.4, -0.2) is 11.5 Å². The van der Waals surface area contributed by atoms with Crippen LogP contribution in [0.3, 0.4) is 0 Å². The smallest absolute Gasteiger partial charge is 0.182 e. The van der Waals surface area contributed by atoms with E-state index < -0.39 is 0 Å². The molecule has 0 aliphatic heterocycles. The zero-order chi connectivity index (χ0) is 7.40. The second-order valence-corrected chi connectivity index (χ2v) is 2.98. The third-order valence-corrected chi connectivity index (χ3v) is 2.06. The zero-order valence-corrected chi connectivity index (χ0v) is 6.74. The quantitative estimate of drug-likeness (QED) is 0.689. The van der Waals surface area contributed by atoms with Crippen LogP contribution in [0.1, 0.15) is 11.8 Å². The minimum atomic E-state index is 0.586. The predicted molar refractivity (Wildman–Crippen MR) is 44.2 cm³/mol. The Hall–Kier alpha value is -0.610. The fraction of sp³-hybridized carbons (Fsp3) is 0.500. The highest BCUT2D eigenvalue weighted by molar-refractivity contribution is 7.15. The van der Waals surface area contributed by atoms with Crippen molar-refractivity contribution in [3.63, 3.8) is 0 Å². The predicted octanol–water partition coefficient (Wildman–Crippen LogP) is 1.03. The van der Waals surface area contributed by atoms with Crippen LogP contribution in [0.25, 0.3) is 0 Å². The molecule has 0 amide bonds. The number of nitrogens with one attached hydrogen (secondary N) is 1. The first-order valence-corrected chi connectivity index (χ1v) is 4.07. The van der Waals surface area contributed by atoms with Crippen LogP contribution in [0.5, 0.6) is 0 Å². The van der Waals surface area contributed by atoms with Gasteiger partial charge < -0.3 is 11.1 Å². The lowest BCUT2D eigenvalue weighted by atomic mass is 10.6. The van der Waals surface area contributed by atoms with Crippen molar-refractivity contribution in [1.29, 1.82) is 0 Å². The number of nitrogens with zero attached hydrogens (tertiary/aromatic N) is 1. The van der Waals surface area contributed by atoms with Crippen molar-refractivity contribution in [2.75, 3.05) is 11.9 Å². The Balaban J connectivity index is 2.59. The molecule has 0 aliphatic carbocycles. The molecule has 0 atom stereocenters. The number of rotatable bonds is 3. The van der Waals surface area contributed by atoms with E-state index >= 15 is 0 Å². The van der Waals surface area contributed by atoms with Crippen LogP contribution in [0, 0.1) is 0 Å². The number of hydrogen-bond acceptors (Lipinski definition) is 4. The Morgan fingerprint density at radius 3 is 3.10 bits per heavy atom. The number of hydrogen-bond donors (Lipinski definition) is 2. The second kappa shape index (κ2) is 3.53. The van der Waals surface area contributed by atoms with Gasteiger partial charge in [-0.05, 0) is 6.92 Å². The third kappa shape index (κ3) is 1.68. The number of nitrogens with two attached hydrogens (primary N) is 1. The van der Waals surface area contributed by atoms with E-state index in [1.807, 2.05) is 13.1 Å². The highest BCUT2D eigenvalue weighted by Gasteiger charge is 1.96. The molecule has 0 aliphatic rings. The molecule has 0 aromatic carbocycles. The maximum absolute atomic E-state index is 5.40. The van der Waals surface area contributed by atoms with E-state index in [2.05, 4.69) is 10.3 Å². The summed E-state index contributed by atoms with van der Waals surface area (Å²) in [5.41, 5.74) is 5.40. The standard InChI is InChI=1S/C6H11N3S/c1-2-8-6-9-4-5(3-7)10-6/h4H,2-3,7H2,1H3,(H,8,9). The van der Waals surface area contributed by atoms with Crippen molar-refractivity contribution < 1.29 is 0 Å². The fourth-order valence-corrected chi connectivity index (χ4v) is 1.39. The third-order valence-electron chi connectivity index (χ3n) is 1.08. The van der Waals surface area contributed by atoms with E-state index in [0.717, 1.165) is 16.6 Å². The first-order chi connectivity index (χ1) is 4.86. The van der Waals surface area contributed by atoms with Crippen molar-refractivity contribution in [3.8, 4) is 0 Å². The SMILES string of the molecule is CCNc1ncc(CN)s1. The van der Waals surface area contributed by atoms with Crippen LogP contribution >= 0.6 is 11.3 Å². The van der Waals surface area contributed by atoms with Crippen molar-refractivity contribution in [1.82, 2.24) is 4.98 Å². The van der Waals surface area contributed by atoms with E-state index in [-0.39, 0.29) is 0 Å². The van der Waals surface area contributed by atoms with Gasteiger partial charge in [-0.3, -0.25) is 0 Å². The first-order valence-electron chi connectivity index (χ1n) is 3.25. The molecule has 1 rings (SSSR count). The van der Waals surface area contributed by atoms with Gasteiger partial charge in [0.1, 0.15) is 0 Å². The van der Waals surface area contributed by atoms with Crippen molar-refractivity contribution in [3.05, 3.63) is 11.1 Å². The van der Waals surface area contributed by atoms with E-state index in [0.29, 0.717) is 6.54 Å². The molecule has 56 valence electrons. The Bertz CT molecular complexity index is 197. The van der Waals surface area contributed by atoms with E-state index in [1.165, 1.54) is 0 Å². The molecule has 0 fully saturated rings. The average molecular weight is 157 g/mol. The molecule has 1 aromatic rings. The van der Waals surface area contributed by atoms with Gasteiger partial charge in [0.15, 0.2) is 5.13 Å². The summed E-state index contributed by atoms with van der Waals surface area (Å²) < 4.78 is 0. The molecular weight excluding hydrogens is 146 g/mol. The maximum atomic E-state index is 5.40. The maximum Gasteiger partial charge on any atom is 0.182 e. The summed E-state index contributed by atoms with van der Waals surface area (Å²) in [6.07, 6.45) is 1.81. The van der Waals surface area contributed by atoms with Gasteiger partial charge >= 0.3 is 0 Å². The van der Waals surface area contributed by atoms with Gasteiger partial charge in [0.2, 0.25) is 0 Å². The summed E-state index contributed by atoms with van der Waals surface area (Å²) >= 11 is 1.61. The molecule has 1 heterocycles. The van der Waals surface area contributed by atoms with Crippen LogP contribution in [-0.2, 0) is 6.54 Å². The first kappa shape index (κ1) is 7.50. The minimum Gasteiger partial charge on any atom is -0.362 e. The molecule has 0 unspecified atom stereocenters. The summed E-state index contributed by atoms with van der Waals surface area (Å²) in [5.74, 6) is 0. The monoisotopic (exact) mass is 157 g/mol. The lowest BCUT2D eigenvalue weighted by Crippen LogP contribution is -1.94. The van der Waals surface area contributed by atoms with Crippen LogP contribution in [0.4, 0.5) is 5.13 Å². The van der Waals surface area contributed by atoms with E-state index in [9.17, 15) is 0 Å². The van der Waals surface area contributed by atoms with E-state index in [1.54, 1.807) is 11.3 Å². The molecule has 0 saturated carbocycles.